The Morgan fingerprint density at radius 3 is 2.83 bits per heavy atom. The molecule has 0 bridgehead atoms. The molecule has 3 nitrogen and oxygen atoms in total. The lowest BCUT2D eigenvalue weighted by Crippen LogP contribution is -2.34. The van der Waals surface area contributed by atoms with Gasteiger partial charge in [-0.15, -0.1) is 5.73 Å². The number of aliphatic hydroxyl groups excluding tert-OH is 1. The third-order valence-electron chi connectivity index (χ3n) is 3.98. The molecule has 0 aromatic heterocycles. The average Bonchev–Trinajstić information content (AvgIpc) is 2.38. The first-order chi connectivity index (χ1) is 8.55. The van der Waals surface area contributed by atoms with Crippen molar-refractivity contribution in [3.05, 3.63) is 16.9 Å². The summed E-state index contributed by atoms with van der Waals surface area (Å²) >= 11 is 0. The van der Waals surface area contributed by atoms with Gasteiger partial charge in [0.15, 0.2) is 6.29 Å². The minimum Gasteiger partial charge on any atom is -0.388 e. The van der Waals surface area contributed by atoms with Gasteiger partial charge in [0, 0.05) is 23.2 Å². The van der Waals surface area contributed by atoms with Crippen LogP contribution in [0.2, 0.25) is 0 Å². The predicted octanol–water partition coefficient (Wildman–Crippen LogP) is 2.79. The van der Waals surface area contributed by atoms with Crippen LogP contribution in [0.4, 0.5) is 0 Å². The van der Waals surface area contributed by atoms with E-state index in [9.17, 15) is 5.11 Å². The van der Waals surface area contributed by atoms with E-state index >= 15 is 0 Å². The van der Waals surface area contributed by atoms with E-state index in [0.29, 0.717) is 6.61 Å². The summed E-state index contributed by atoms with van der Waals surface area (Å²) in [5.74, 6) is 0. The Labute approximate surface area is 109 Å². The summed E-state index contributed by atoms with van der Waals surface area (Å²) in [4.78, 5) is 0. The van der Waals surface area contributed by atoms with Crippen LogP contribution < -0.4 is 0 Å². The van der Waals surface area contributed by atoms with Crippen LogP contribution >= 0.6 is 0 Å². The molecule has 2 unspecified atom stereocenters. The molecule has 2 rings (SSSR count). The first kappa shape index (κ1) is 13.8. The quantitative estimate of drug-likeness (QED) is 0.765. The molecule has 1 N–H and O–H groups in total. The topological polar surface area (TPSA) is 38.7 Å². The zero-order valence-electron chi connectivity index (χ0n) is 11.7. The van der Waals surface area contributed by atoms with E-state index in [1.165, 1.54) is 6.42 Å². The van der Waals surface area contributed by atoms with Crippen LogP contribution in [-0.2, 0) is 9.47 Å². The van der Waals surface area contributed by atoms with Crippen LogP contribution in [0.25, 0.3) is 0 Å². The van der Waals surface area contributed by atoms with Crippen molar-refractivity contribution in [2.45, 2.75) is 58.8 Å². The molecular weight excluding hydrogens is 228 g/mol. The van der Waals surface area contributed by atoms with Crippen molar-refractivity contribution in [3.63, 3.8) is 0 Å². The molecule has 0 amide bonds. The van der Waals surface area contributed by atoms with Gasteiger partial charge >= 0.3 is 0 Å². The Kier molecular flexibility index (Phi) is 4.29. The zero-order valence-corrected chi connectivity index (χ0v) is 11.7. The van der Waals surface area contributed by atoms with E-state index in [2.05, 4.69) is 19.6 Å². The minimum atomic E-state index is -0.366. The lowest BCUT2D eigenvalue weighted by molar-refractivity contribution is -0.158. The maximum atomic E-state index is 9.87. The fourth-order valence-corrected chi connectivity index (χ4v) is 2.51. The fraction of sp³-hybridized carbons (Fsp3) is 0.800. The van der Waals surface area contributed by atoms with E-state index in [1.54, 1.807) is 0 Å². The third-order valence-corrected chi connectivity index (χ3v) is 3.98. The van der Waals surface area contributed by atoms with Crippen LogP contribution in [0.1, 0.15) is 46.5 Å². The highest BCUT2D eigenvalue weighted by Crippen LogP contribution is 2.43. The lowest BCUT2D eigenvalue weighted by Gasteiger charge is -2.38. The predicted molar refractivity (Wildman–Crippen MR) is 70.2 cm³/mol. The molecule has 1 heterocycles. The minimum absolute atomic E-state index is 0.0519. The van der Waals surface area contributed by atoms with Crippen molar-refractivity contribution >= 4 is 0 Å². The highest BCUT2D eigenvalue weighted by Gasteiger charge is 2.38. The normalized spacial score (nSPS) is 28.1. The smallest absolute Gasteiger partial charge is 0.158 e. The molecule has 2 aliphatic rings. The van der Waals surface area contributed by atoms with Gasteiger partial charge in [0.05, 0.1) is 12.7 Å². The number of hydrogen-bond acceptors (Lipinski definition) is 3. The fourth-order valence-electron chi connectivity index (χ4n) is 2.51. The second-order valence-electron chi connectivity index (χ2n) is 5.67. The first-order valence-electron chi connectivity index (χ1n) is 6.97. The number of rotatable bonds is 5. The molecule has 3 heteroatoms. The second kappa shape index (κ2) is 5.58. The van der Waals surface area contributed by atoms with Gasteiger partial charge in [0.25, 0.3) is 0 Å². The van der Waals surface area contributed by atoms with E-state index in [1.807, 2.05) is 6.92 Å². The third kappa shape index (κ3) is 2.70. The molecule has 0 spiro atoms. The molecular formula is C15H24O3. The largest absolute Gasteiger partial charge is 0.388 e. The summed E-state index contributed by atoms with van der Waals surface area (Å²) in [6.45, 7) is 7.61. The monoisotopic (exact) mass is 252 g/mol. The Morgan fingerprint density at radius 2 is 2.28 bits per heavy atom. The van der Waals surface area contributed by atoms with Crippen molar-refractivity contribution in [2.75, 3.05) is 13.2 Å². The Balaban J connectivity index is 1.91. The summed E-state index contributed by atoms with van der Waals surface area (Å²) in [6, 6.07) is 0. The summed E-state index contributed by atoms with van der Waals surface area (Å²) in [5, 5.41) is 9.87. The molecule has 0 aromatic carbocycles. The Morgan fingerprint density at radius 1 is 1.50 bits per heavy atom. The molecule has 102 valence electrons. The summed E-state index contributed by atoms with van der Waals surface area (Å²) in [6.07, 6.45) is 3.63. The van der Waals surface area contributed by atoms with E-state index in [4.69, 9.17) is 9.47 Å². The van der Waals surface area contributed by atoms with Crippen molar-refractivity contribution in [1.82, 2.24) is 0 Å². The van der Waals surface area contributed by atoms with Crippen LogP contribution in [0.15, 0.2) is 16.9 Å². The average molecular weight is 252 g/mol. The van der Waals surface area contributed by atoms with Crippen LogP contribution in [0.5, 0.6) is 0 Å². The maximum absolute atomic E-state index is 9.87. The first-order valence-corrected chi connectivity index (χ1v) is 6.97. The maximum Gasteiger partial charge on any atom is 0.158 e. The highest BCUT2D eigenvalue weighted by molar-refractivity contribution is 5.39. The van der Waals surface area contributed by atoms with E-state index in [-0.39, 0.29) is 17.8 Å². The Bertz CT molecular complexity index is 358. The van der Waals surface area contributed by atoms with Gasteiger partial charge in [-0.1, -0.05) is 20.8 Å². The summed E-state index contributed by atoms with van der Waals surface area (Å²) in [7, 11) is 0. The SMILES string of the molecule is CCC(O)C1=C=C(COC2CCCCO2)C1(C)C. The molecule has 1 aliphatic carbocycles. The van der Waals surface area contributed by atoms with Crippen molar-refractivity contribution in [3.8, 4) is 0 Å². The van der Waals surface area contributed by atoms with Gasteiger partial charge in [-0.2, -0.15) is 0 Å². The van der Waals surface area contributed by atoms with Gasteiger partial charge < -0.3 is 14.6 Å². The molecule has 1 fully saturated rings. The molecule has 1 aliphatic heterocycles. The molecule has 2 atom stereocenters. The number of hydrogen-bond donors (Lipinski definition) is 1. The van der Waals surface area contributed by atoms with Crippen LogP contribution in [0.3, 0.4) is 0 Å². The van der Waals surface area contributed by atoms with Gasteiger partial charge in [0.2, 0.25) is 0 Å². The van der Waals surface area contributed by atoms with E-state index in [0.717, 1.165) is 37.0 Å². The van der Waals surface area contributed by atoms with Gasteiger partial charge in [-0.05, 0) is 25.7 Å². The molecule has 18 heavy (non-hydrogen) atoms. The van der Waals surface area contributed by atoms with Crippen molar-refractivity contribution < 1.29 is 14.6 Å². The van der Waals surface area contributed by atoms with Gasteiger partial charge in [0.1, 0.15) is 0 Å². The van der Waals surface area contributed by atoms with Crippen molar-refractivity contribution in [1.29, 1.82) is 0 Å². The van der Waals surface area contributed by atoms with Crippen LogP contribution in [0, 0.1) is 5.41 Å². The van der Waals surface area contributed by atoms with E-state index < -0.39 is 0 Å². The lowest BCUT2D eigenvalue weighted by atomic mass is 9.68. The molecule has 0 radical (unpaired) electrons. The zero-order chi connectivity index (χ0) is 13.2. The number of aliphatic hydroxyl groups is 1. The second-order valence-corrected chi connectivity index (χ2v) is 5.67. The van der Waals surface area contributed by atoms with Gasteiger partial charge in [-0.25, -0.2) is 0 Å². The van der Waals surface area contributed by atoms with Crippen molar-refractivity contribution in [2.24, 2.45) is 5.41 Å². The summed E-state index contributed by atoms with van der Waals surface area (Å²) in [5.41, 5.74) is 5.33. The van der Waals surface area contributed by atoms with Gasteiger partial charge in [-0.3, -0.25) is 0 Å². The highest BCUT2D eigenvalue weighted by atomic mass is 16.7. The molecule has 1 saturated heterocycles. The molecule has 0 aromatic rings. The summed E-state index contributed by atoms with van der Waals surface area (Å²) < 4.78 is 11.3. The molecule has 0 saturated carbocycles. The van der Waals surface area contributed by atoms with Crippen LogP contribution in [-0.4, -0.2) is 30.7 Å². The number of ether oxygens (including phenoxy) is 2. The Hall–Kier alpha value is -0.600. The standard InChI is InChI=1S/C15H24O3/c1-4-13(16)12-9-11(15(12,2)3)10-18-14-7-5-6-8-17-14/h13-14,16H,4-8,10H2,1-3H3.